The smallest absolute Gasteiger partial charge is 0.262 e. The van der Waals surface area contributed by atoms with E-state index in [0.717, 1.165) is 12.8 Å². The number of pyridine rings is 1. The Kier molecular flexibility index (Phi) is 5.40. The Labute approximate surface area is 175 Å². The van der Waals surface area contributed by atoms with Gasteiger partial charge in [-0.1, -0.05) is 0 Å². The minimum absolute atomic E-state index is 0.0395. The fraction of sp³-hybridized carbons (Fsp3) is 0.333. The quantitative estimate of drug-likeness (QED) is 0.596. The predicted molar refractivity (Wildman–Crippen MR) is 111 cm³/mol. The number of ether oxygens (including phenoxy) is 1. The Bertz CT molecular complexity index is 1270. The van der Waals surface area contributed by atoms with Crippen LogP contribution in [0.25, 0.3) is 10.2 Å². The molecule has 30 heavy (non-hydrogen) atoms. The number of anilines is 1. The molecular weight excluding hydrogens is 430 g/mol. The van der Waals surface area contributed by atoms with Gasteiger partial charge in [-0.15, -0.1) is 11.3 Å². The molecule has 0 spiro atoms. The number of fused-ring (bicyclic) bond motifs is 1. The molecule has 158 valence electrons. The molecule has 4 heterocycles. The number of hydrogen-bond acceptors (Lipinski definition) is 8. The standard InChI is InChI=1S/C18H19N5O5S2/c1-10-14(16(24)22-11-4-5-13(20-7-11)30(19,26)27)15-17(29-10)21-9-23(18(15)25)8-12-3-2-6-28-12/h4-5,7,9,12H,2-3,6,8H2,1H3,(H,22,24)(H2,19,26,27)/t12-/m0/s1. The molecule has 0 unspecified atom stereocenters. The summed E-state index contributed by atoms with van der Waals surface area (Å²) in [6.45, 7) is 2.81. The highest BCUT2D eigenvalue weighted by Gasteiger charge is 2.23. The van der Waals surface area contributed by atoms with Gasteiger partial charge in [-0.25, -0.2) is 23.5 Å². The predicted octanol–water partition coefficient (Wildman–Crippen LogP) is 1.24. The lowest BCUT2D eigenvalue weighted by atomic mass is 10.1. The summed E-state index contributed by atoms with van der Waals surface area (Å²) in [5.41, 5.74) is 0.215. The minimum Gasteiger partial charge on any atom is -0.376 e. The molecule has 1 atom stereocenters. The average molecular weight is 450 g/mol. The van der Waals surface area contributed by atoms with E-state index >= 15 is 0 Å². The van der Waals surface area contributed by atoms with Crippen molar-refractivity contribution in [1.29, 1.82) is 0 Å². The number of hydrogen-bond donors (Lipinski definition) is 2. The maximum absolute atomic E-state index is 13.1. The van der Waals surface area contributed by atoms with Gasteiger partial charge >= 0.3 is 0 Å². The summed E-state index contributed by atoms with van der Waals surface area (Å²) in [7, 11) is -3.93. The maximum atomic E-state index is 13.1. The zero-order chi connectivity index (χ0) is 21.5. The fourth-order valence-electron chi connectivity index (χ4n) is 3.36. The minimum atomic E-state index is -3.93. The lowest BCUT2D eigenvalue weighted by molar-refractivity contribution is 0.0960. The summed E-state index contributed by atoms with van der Waals surface area (Å²) in [5.74, 6) is -0.502. The van der Waals surface area contributed by atoms with Gasteiger partial charge in [-0.3, -0.25) is 14.2 Å². The van der Waals surface area contributed by atoms with Crippen LogP contribution in [-0.2, 0) is 21.3 Å². The van der Waals surface area contributed by atoms with Gasteiger partial charge in [-0.05, 0) is 31.9 Å². The van der Waals surface area contributed by atoms with Crippen LogP contribution in [0.1, 0.15) is 28.1 Å². The molecule has 1 aliphatic rings. The summed E-state index contributed by atoms with van der Waals surface area (Å²) < 4.78 is 29.7. The first kappa shape index (κ1) is 20.6. The van der Waals surface area contributed by atoms with Crippen molar-refractivity contribution < 1.29 is 17.9 Å². The number of sulfonamides is 1. The van der Waals surface area contributed by atoms with Crippen LogP contribution in [0.3, 0.4) is 0 Å². The lowest BCUT2D eigenvalue weighted by Gasteiger charge is -2.11. The van der Waals surface area contributed by atoms with Gasteiger partial charge in [0.2, 0.25) is 0 Å². The largest absolute Gasteiger partial charge is 0.376 e. The summed E-state index contributed by atoms with van der Waals surface area (Å²) in [6.07, 6.45) is 4.47. The number of thiophene rings is 1. The van der Waals surface area contributed by atoms with Crippen molar-refractivity contribution in [2.75, 3.05) is 11.9 Å². The van der Waals surface area contributed by atoms with E-state index in [0.29, 0.717) is 22.9 Å². The monoisotopic (exact) mass is 449 g/mol. The normalized spacial score (nSPS) is 16.8. The molecule has 0 aromatic carbocycles. The molecule has 0 aliphatic carbocycles. The third-order valence-electron chi connectivity index (χ3n) is 4.79. The molecule has 0 radical (unpaired) electrons. The number of nitrogens with zero attached hydrogens (tertiary/aromatic N) is 3. The van der Waals surface area contributed by atoms with E-state index in [2.05, 4.69) is 15.3 Å². The van der Waals surface area contributed by atoms with Gasteiger partial charge in [0, 0.05) is 11.5 Å². The number of carbonyl (C=O) groups excluding carboxylic acids is 1. The molecule has 0 saturated carbocycles. The van der Waals surface area contributed by atoms with Crippen LogP contribution in [0.5, 0.6) is 0 Å². The van der Waals surface area contributed by atoms with Crippen molar-refractivity contribution in [3.63, 3.8) is 0 Å². The molecule has 3 aromatic rings. The van der Waals surface area contributed by atoms with Crippen molar-refractivity contribution in [2.24, 2.45) is 5.14 Å². The third kappa shape index (κ3) is 3.99. The molecule has 12 heteroatoms. The second-order valence-corrected chi connectivity index (χ2v) is 9.65. The SMILES string of the molecule is Cc1sc2ncn(C[C@@H]3CCCO3)c(=O)c2c1C(=O)Nc1ccc(S(N)(=O)=O)nc1. The van der Waals surface area contributed by atoms with Crippen LogP contribution in [0.2, 0.25) is 0 Å². The van der Waals surface area contributed by atoms with E-state index in [1.165, 1.54) is 40.6 Å². The number of amides is 1. The molecule has 4 rings (SSSR count). The topological polar surface area (TPSA) is 146 Å². The number of nitrogens with one attached hydrogen (secondary N) is 1. The van der Waals surface area contributed by atoms with Crippen LogP contribution in [0, 0.1) is 6.92 Å². The highest BCUT2D eigenvalue weighted by molar-refractivity contribution is 7.89. The second kappa shape index (κ2) is 7.87. The molecule has 3 N–H and O–H groups in total. The van der Waals surface area contributed by atoms with Gasteiger partial charge < -0.3 is 10.1 Å². The number of primary sulfonamides is 1. The van der Waals surface area contributed by atoms with E-state index in [1.54, 1.807) is 6.92 Å². The highest BCUT2D eigenvalue weighted by Crippen LogP contribution is 2.28. The molecule has 0 bridgehead atoms. The number of carbonyl (C=O) groups is 1. The van der Waals surface area contributed by atoms with E-state index in [-0.39, 0.29) is 33.3 Å². The first-order chi connectivity index (χ1) is 14.2. The van der Waals surface area contributed by atoms with E-state index in [1.807, 2.05) is 0 Å². The number of aryl methyl sites for hydroxylation is 1. The summed E-state index contributed by atoms with van der Waals surface area (Å²) in [5, 5.41) is 7.62. The molecule has 1 amide bonds. The Morgan fingerprint density at radius 2 is 2.20 bits per heavy atom. The van der Waals surface area contributed by atoms with Crippen LogP contribution >= 0.6 is 11.3 Å². The maximum Gasteiger partial charge on any atom is 0.262 e. The zero-order valence-electron chi connectivity index (χ0n) is 16.0. The summed E-state index contributed by atoms with van der Waals surface area (Å²) in [4.78, 5) is 35.2. The summed E-state index contributed by atoms with van der Waals surface area (Å²) >= 11 is 1.26. The lowest BCUT2D eigenvalue weighted by Crippen LogP contribution is -2.27. The number of rotatable bonds is 5. The zero-order valence-corrected chi connectivity index (χ0v) is 17.6. The van der Waals surface area contributed by atoms with Gasteiger partial charge in [0.15, 0.2) is 5.03 Å². The average Bonchev–Trinajstić information content (AvgIpc) is 3.31. The van der Waals surface area contributed by atoms with Gasteiger partial charge in [-0.2, -0.15) is 0 Å². The molecule has 1 fully saturated rings. The van der Waals surface area contributed by atoms with E-state index < -0.39 is 15.9 Å². The van der Waals surface area contributed by atoms with Gasteiger partial charge in [0.25, 0.3) is 21.5 Å². The van der Waals surface area contributed by atoms with E-state index in [9.17, 15) is 18.0 Å². The van der Waals surface area contributed by atoms with Gasteiger partial charge in [0.1, 0.15) is 4.83 Å². The highest BCUT2D eigenvalue weighted by atomic mass is 32.2. The van der Waals surface area contributed by atoms with Gasteiger partial charge in [0.05, 0.1) is 41.8 Å². The molecular formula is C18H19N5O5S2. The molecule has 3 aromatic heterocycles. The van der Waals surface area contributed by atoms with Crippen molar-refractivity contribution >= 4 is 43.2 Å². The molecule has 10 nitrogen and oxygen atoms in total. The fourth-order valence-corrected chi connectivity index (χ4v) is 4.80. The van der Waals surface area contributed by atoms with Crippen molar-refractivity contribution in [1.82, 2.24) is 14.5 Å². The van der Waals surface area contributed by atoms with Crippen LogP contribution in [0.4, 0.5) is 5.69 Å². The Morgan fingerprint density at radius 3 is 2.83 bits per heavy atom. The Morgan fingerprint density at radius 1 is 1.40 bits per heavy atom. The molecule has 1 saturated heterocycles. The van der Waals surface area contributed by atoms with Crippen molar-refractivity contribution in [2.45, 2.75) is 37.4 Å². The number of aromatic nitrogens is 3. The molecule has 1 aliphatic heterocycles. The second-order valence-electron chi connectivity index (χ2n) is 6.93. The van der Waals surface area contributed by atoms with Crippen LogP contribution < -0.4 is 16.0 Å². The van der Waals surface area contributed by atoms with Crippen molar-refractivity contribution in [3.8, 4) is 0 Å². The Balaban J connectivity index is 1.66. The van der Waals surface area contributed by atoms with Crippen LogP contribution in [0.15, 0.2) is 34.5 Å². The summed E-state index contributed by atoms with van der Waals surface area (Å²) in [6, 6.07) is 2.57. The Hall–Kier alpha value is -2.67. The first-order valence-corrected chi connectivity index (χ1v) is 11.5. The van der Waals surface area contributed by atoms with Crippen LogP contribution in [-0.4, -0.2) is 41.6 Å². The third-order valence-corrected chi connectivity index (χ3v) is 6.63. The number of nitrogens with two attached hydrogens (primary N) is 1. The first-order valence-electron chi connectivity index (χ1n) is 9.14. The van der Waals surface area contributed by atoms with E-state index in [4.69, 9.17) is 9.88 Å². The van der Waals surface area contributed by atoms with Crippen molar-refractivity contribution in [3.05, 3.63) is 45.5 Å².